The molecule has 0 spiro atoms. The molecule has 4 nitrogen and oxygen atoms in total. The van der Waals surface area contributed by atoms with Gasteiger partial charge in [-0.2, -0.15) is 0 Å². The van der Waals surface area contributed by atoms with E-state index in [1.54, 1.807) is 7.11 Å². The maximum Gasteiger partial charge on any atom is 0.253 e. The van der Waals surface area contributed by atoms with Crippen LogP contribution in [0.2, 0.25) is 0 Å². The van der Waals surface area contributed by atoms with Crippen molar-refractivity contribution in [3.8, 4) is 5.75 Å². The Labute approximate surface area is 138 Å². The van der Waals surface area contributed by atoms with E-state index in [0.29, 0.717) is 12.6 Å². The summed E-state index contributed by atoms with van der Waals surface area (Å²) < 4.78 is 7.41. The molecule has 124 valence electrons. The summed E-state index contributed by atoms with van der Waals surface area (Å²) in [6.45, 7) is 8.91. The maximum atomic E-state index is 12.4. The van der Waals surface area contributed by atoms with Gasteiger partial charge in [0, 0.05) is 24.0 Å². The number of nitrogens with one attached hydrogen (secondary N) is 1. The van der Waals surface area contributed by atoms with Crippen LogP contribution in [0, 0.1) is 13.8 Å². The molecule has 1 aromatic heterocycles. The number of methoxy groups -OCH3 is 1. The van der Waals surface area contributed by atoms with Crippen LogP contribution >= 0.6 is 0 Å². The van der Waals surface area contributed by atoms with Gasteiger partial charge in [0.15, 0.2) is 0 Å². The second-order valence-electron chi connectivity index (χ2n) is 6.11. The van der Waals surface area contributed by atoms with E-state index in [2.05, 4.69) is 23.7 Å². The van der Waals surface area contributed by atoms with Crippen molar-refractivity contribution in [1.29, 1.82) is 0 Å². The number of nitrogens with zero attached hydrogens (tertiary/aromatic N) is 1. The third-order valence-corrected chi connectivity index (χ3v) is 4.08. The van der Waals surface area contributed by atoms with Crippen molar-refractivity contribution in [2.75, 3.05) is 13.7 Å². The number of ether oxygens (including phenoxy) is 1. The third kappa shape index (κ3) is 3.95. The van der Waals surface area contributed by atoms with Crippen molar-refractivity contribution in [1.82, 2.24) is 9.88 Å². The molecule has 2 rings (SSSR count). The predicted octanol–water partition coefficient (Wildman–Crippen LogP) is 3.67. The van der Waals surface area contributed by atoms with Gasteiger partial charge in [-0.1, -0.05) is 12.1 Å². The van der Waals surface area contributed by atoms with Gasteiger partial charge in [-0.05, 0) is 57.9 Å². The van der Waals surface area contributed by atoms with Crippen molar-refractivity contribution in [2.24, 2.45) is 0 Å². The molecule has 0 aliphatic rings. The summed E-state index contributed by atoms with van der Waals surface area (Å²) in [6, 6.07) is 10.2. The smallest absolute Gasteiger partial charge is 0.253 e. The van der Waals surface area contributed by atoms with Crippen LogP contribution in [-0.2, 0) is 6.42 Å². The van der Waals surface area contributed by atoms with Gasteiger partial charge in [0.25, 0.3) is 5.91 Å². The standard InChI is InChI=1S/C19H26N2O2/c1-13(2)21-14(3)11-18(15(21)4)19(22)20-10-9-16-7-6-8-17(12-16)23-5/h6-8,11-13H,9-10H2,1-5H3,(H,20,22). The van der Waals surface area contributed by atoms with Crippen LogP contribution in [0.5, 0.6) is 5.75 Å². The highest BCUT2D eigenvalue weighted by molar-refractivity contribution is 5.95. The molecule has 0 atom stereocenters. The van der Waals surface area contributed by atoms with Crippen LogP contribution < -0.4 is 10.1 Å². The summed E-state index contributed by atoms with van der Waals surface area (Å²) in [5.74, 6) is 0.835. The topological polar surface area (TPSA) is 43.3 Å². The number of hydrogen-bond acceptors (Lipinski definition) is 2. The number of amides is 1. The lowest BCUT2D eigenvalue weighted by Crippen LogP contribution is -2.26. The monoisotopic (exact) mass is 314 g/mol. The summed E-state index contributed by atoms with van der Waals surface area (Å²) in [5, 5.41) is 3.01. The molecular weight excluding hydrogens is 288 g/mol. The van der Waals surface area contributed by atoms with Crippen LogP contribution in [0.15, 0.2) is 30.3 Å². The Morgan fingerprint density at radius 2 is 2.00 bits per heavy atom. The minimum absolute atomic E-state index is 0.00658. The van der Waals surface area contributed by atoms with Gasteiger partial charge >= 0.3 is 0 Å². The lowest BCUT2D eigenvalue weighted by molar-refractivity contribution is 0.0953. The van der Waals surface area contributed by atoms with Gasteiger partial charge in [0.2, 0.25) is 0 Å². The molecule has 1 amide bonds. The van der Waals surface area contributed by atoms with Gasteiger partial charge in [-0.25, -0.2) is 0 Å². The molecule has 4 heteroatoms. The molecule has 0 radical (unpaired) electrons. The molecule has 1 heterocycles. The fourth-order valence-corrected chi connectivity index (χ4v) is 3.05. The van der Waals surface area contributed by atoms with Crippen LogP contribution in [0.3, 0.4) is 0 Å². The van der Waals surface area contributed by atoms with E-state index in [9.17, 15) is 4.79 Å². The summed E-state index contributed by atoms with van der Waals surface area (Å²) in [4.78, 5) is 12.4. The summed E-state index contributed by atoms with van der Waals surface area (Å²) in [5.41, 5.74) is 4.06. The predicted molar refractivity (Wildman–Crippen MR) is 93.3 cm³/mol. The van der Waals surface area contributed by atoms with Crippen LogP contribution in [0.1, 0.15) is 47.2 Å². The van der Waals surface area contributed by atoms with Gasteiger partial charge < -0.3 is 14.6 Å². The first-order valence-corrected chi connectivity index (χ1v) is 8.03. The third-order valence-electron chi connectivity index (χ3n) is 4.08. The molecule has 0 aliphatic carbocycles. The second-order valence-corrected chi connectivity index (χ2v) is 6.11. The molecule has 0 aliphatic heterocycles. The molecule has 23 heavy (non-hydrogen) atoms. The van der Waals surface area contributed by atoms with E-state index in [0.717, 1.165) is 34.7 Å². The zero-order valence-electron chi connectivity index (χ0n) is 14.6. The number of benzene rings is 1. The lowest BCUT2D eigenvalue weighted by Gasteiger charge is -2.13. The van der Waals surface area contributed by atoms with Crippen LogP contribution in [0.4, 0.5) is 0 Å². The van der Waals surface area contributed by atoms with Crippen molar-refractivity contribution in [3.05, 3.63) is 52.8 Å². The Morgan fingerprint density at radius 1 is 1.26 bits per heavy atom. The zero-order chi connectivity index (χ0) is 17.0. The van der Waals surface area contributed by atoms with E-state index in [1.807, 2.05) is 44.2 Å². The van der Waals surface area contributed by atoms with E-state index in [4.69, 9.17) is 4.74 Å². The number of carbonyl (C=O) groups is 1. The highest BCUT2D eigenvalue weighted by Crippen LogP contribution is 2.20. The van der Waals surface area contributed by atoms with Crippen LogP contribution in [-0.4, -0.2) is 24.1 Å². The second kappa shape index (κ2) is 7.36. The first kappa shape index (κ1) is 17.1. The Morgan fingerprint density at radius 3 is 2.61 bits per heavy atom. The fraction of sp³-hybridized carbons (Fsp3) is 0.421. The Bertz CT molecular complexity index is 687. The number of aryl methyl sites for hydroxylation is 1. The summed E-state index contributed by atoms with van der Waals surface area (Å²) in [6.07, 6.45) is 0.784. The normalized spacial score (nSPS) is 10.9. The van der Waals surface area contributed by atoms with E-state index in [-0.39, 0.29) is 5.91 Å². The Hall–Kier alpha value is -2.23. The largest absolute Gasteiger partial charge is 0.497 e. The SMILES string of the molecule is COc1cccc(CCNC(=O)c2cc(C)n(C(C)C)c2C)c1. The highest BCUT2D eigenvalue weighted by atomic mass is 16.5. The van der Waals surface area contributed by atoms with Gasteiger partial charge in [-0.3, -0.25) is 4.79 Å². The van der Waals surface area contributed by atoms with E-state index < -0.39 is 0 Å². The first-order valence-electron chi connectivity index (χ1n) is 8.03. The first-order chi connectivity index (χ1) is 10.9. The van der Waals surface area contributed by atoms with Crippen molar-refractivity contribution in [2.45, 2.75) is 40.2 Å². The minimum Gasteiger partial charge on any atom is -0.497 e. The molecule has 0 saturated heterocycles. The molecule has 0 fully saturated rings. The van der Waals surface area contributed by atoms with Gasteiger partial charge in [-0.15, -0.1) is 0 Å². The maximum absolute atomic E-state index is 12.4. The lowest BCUT2D eigenvalue weighted by atomic mass is 10.1. The van der Waals surface area contributed by atoms with Crippen molar-refractivity contribution < 1.29 is 9.53 Å². The van der Waals surface area contributed by atoms with E-state index >= 15 is 0 Å². The average molecular weight is 314 g/mol. The molecule has 0 unspecified atom stereocenters. The number of rotatable bonds is 6. The fourth-order valence-electron chi connectivity index (χ4n) is 3.05. The quantitative estimate of drug-likeness (QED) is 0.884. The molecular formula is C19H26N2O2. The molecule has 1 N–H and O–H groups in total. The average Bonchev–Trinajstić information content (AvgIpc) is 2.82. The number of hydrogen-bond donors (Lipinski definition) is 1. The van der Waals surface area contributed by atoms with Crippen LogP contribution in [0.25, 0.3) is 0 Å². The van der Waals surface area contributed by atoms with E-state index in [1.165, 1.54) is 0 Å². The molecule has 0 bridgehead atoms. The molecule has 2 aromatic rings. The van der Waals surface area contributed by atoms with Gasteiger partial charge in [0.05, 0.1) is 12.7 Å². The van der Waals surface area contributed by atoms with Crippen molar-refractivity contribution in [3.63, 3.8) is 0 Å². The number of aromatic nitrogens is 1. The Balaban J connectivity index is 1.99. The highest BCUT2D eigenvalue weighted by Gasteiger charge is 2.16. The van der Waals surface area contributed by atoms with Crippen molar-refractivity contribution >= 4 is 5.91 Å². The minimum atomic E-state index is -0.00658. The van der Waals surface area contributed by atoms with Gasteiger partial charge in [0.1, 0.15) is 5.75 Å². The number of carbonyl (C=O) groups excluding carboxylic acids is 1. The summed E-state index contributed by atoms with van der Waals surface area (Å²) >= 11 is 0. The Kier molecular flexibility index (Phi) is 5.48. The summed E-state index contributed by atoms with van der Waals surface area (Å²) in [7, 11) is 1.66. The zero-order valence-corrected chi connectivity index (χ0v) is 14.6. The molecule has 0 saturated carbocycles. The molecule has 1 aromatic carbocycles.